The number of halogens is 1. The highest BCUT2D eigenvalue weighted by molar-refractivity contribution is 9.10. The Labute approximate surface area is 284 Å². The van der Waals surface area contributed by atoms with Crippen molar-refractivity contribution < 1.29 is 19.1 Å². The molecule has 6 rings (SSSR count). The number of amides is 1. The van der Waals surface area contributed by atoms with Crippen LogP contribution in [0.4, 0.5) is 5.69 Å². The van der Waals surface area contributed by atoms with Gasteiger partial charge in [0.1, 0.15) is 6.04 Å². The lowest BCUT2D eigenvalue weighted by molar-refractivity contribution is -0.169. The van der Waals surface area contributed by atoms with Crippen LogP contribution >= 0.6 is 15.9 Å². The highest BCUT2D eigenvalue weighted by Crippen LogP contribution is 2.48. The molecular weight excluding hydrogens is 652 g/mol. The fourth-order valence-electron chi connectivity index (χ4n) is 6.28. The minimum Gasteiger partial charge on any atom is -0.465 e. The zero-order chi connectivity index (χ0) is 32.8. The van der Waals surface area contributed by atoms with E-state index in [1.54, 1.807) is 11.8 Å². The number of ether oxygens (including phenoxy) is 2. The van der Waals surface area contributed by atoms with E-state index in [9.17, 15) is 4.79 Å². The molecule has 1 heterocycles. The molecule has 2 atom stereocenters. The van der Waals surface area contributed by atoms with Crippen LogP contribution in [0.2, 0.25) is 0 Å². The van der Waals surface area contributed by atoms with Crippen molar-refractivity contribution >= 4 is 33.5 Å². The maximum atomic E-state index is 15.2. The summed E-state index contributed by atoms with van der Waals surface area (Å²) in [7, 11) is 0. The predicted octanol–water partition coefficient (Wildman–Crippen LogP) is 8.03. The number of anilines is 1. The number of fused-ring (bicyclic) bond motifs is 1. The fourth-order valence-corrected chi connectivity index (χ4v) is 6.62. The number of nitrogens with zero attached hydrogens (tertiary/aromatic N) is 1. The molecule has 6 nitrogen and oxygen atoms in total. The summed E-state index contributed by atoms with van der Waals surface area (Å²) in [5.41, 5.74) is 4.28. The lowest BCUT2D eigenvalue weighted by atomic mass is 9.85. The quantitative estimate of drug-likeness (QED) is 0.135. The predicted molar refractivity (Wildman–Crippen MR) is 188 cm³/mol. The molecule has 7 heteroatoms. The van der Waals surface area contributed by atoms with E-state index in [0.717, 1.165) is 32.3 Å². The standard InChI is InChI=1S/C40H37BrN2O4/c1-3-46-38(44)37(42-36(30-18-9-5-10-19-30)31-20-11-6-12-21-31)40(47-27-32-22-14-13-15-28(32)2)34-24-23-33(41)25-35(34)43(39(40)45)26-29-16-7-4-8-17-29/h4-25,36-37,42H,3,26-27H2,1-2H3. The van der Waals surface area contributed by atoms with E-state index in [1.807, 2.05) is 140 Å². The van der Waals surface area contributed by atoms with Gasteiger partial charge in [0, 0.05) is 10.0 Å². The van der Waals surface area contributed by atoms with Gasteiger partial charge >= 0.3 is 5.97 Å². The number of esters is 1. The smallest absolute Gasteiger partial charge is 0.327 e. The molecule has 0 bridgehead atoms. The fraction of sp³-hybridized carbons (Fsp3) is 0.200. The number of nitrogens with one attached hydrogen (secondary N) is 1. The number of carbonyl (C=O) groups excluding carboxylic acids is 2. The molecule has 1 aliphatic rings. The zero-order valence-corrected chi connectivity index (χ0v) is 28.0. The van der Waals surface area contributed by atoms with Crippen LogP contribution in [0.25, 0.3) is 0 Å². The highest BCUT2D eigenvalue weighted by atomic mass is 79.9. The van der Waals surface area contributed by atoms with Crippen LogP contribution in [0.5, 0.6) is 0 Å². The Morgan fingerprint density at radius 3 is 2.04 bits per heavy atom. The Morgan fingerprint density at radius 1 is 0.830 bits per heavy atom. The van der Waals surface area contributed by atoms with E-state index in [4.69, 9.17) is 9.47 Å². The first-order valence-corrected chi connectivity index (χ1v) is 16.6. The molecule has 1 aliphatic heterocycles. The molecule has 238 valence electrons. The Kier molecular flexibility index (Phi) is 9.97. The average molecular weight is 690 g/mol. The molecule has 0 saturated carbocycles. The van der Waals surface area contributed by atoms with Crippen molar-refractivity contribution in [2.24, 2.45) is 0 Å². The van der Waals surface area contributed by atoms with Crippen LogP contribution in [-0.2, 0) is 37.8 Å². The number of aryl methyl sites for hydroxylation is 1. The molecule has 47 heavy (non-hydrogen) atoms. The van der Waals surface area contributed by atoms with Gasteiger partial charge in [-0.2, -0.15) is 0 Å². The monoisotopic (exact) mass is 688 g/mol. The molecular formula is C40H37BrN2O4. The van der Waals surface area contributed by atoms with Gasteiger partial charge in [0.05, 0.1) is 31.5 Å². The molecule has 0 spiro atoms. The minimum absolute atomic E-state index is 0.103. The zero-order valence-electron chi connectivity index (χ0n) is 26.4. The summed E-state index contributed by atoms with van der Waals surface area (Å²) in [5, 5.41) is 3.62. The first-order valence-electron chi connectivity index (χ1n) is 15.8. The second kappa shape index (κ2) is 14.5. The number of carbonyl (C=O) groups is 2. The number of hydrogen-bond acceptors (Lipinski definition) is 5. The molecule has 0 aliphatic carbocycles. The summed E-state index contributed by atoms with van der Waals surface area (Å²) in [4.78, 5) is 31.3. The molecule has 0 saturated heterocycles. The topological polar surface area (TPSA) is 67.9 Å². The van der Waals surface area contributed by atoms with Gasteiger partial charge in [0.15, 0.2) is 5.60 Å². The first kappa shape index (κ1) is 32.4. The third kappa shape index (κ3) is 6.65. The Balaban J connectivity index is 1.55. The van der Waals surface area contributed by atoms with Gasteiger partial charge in [-0.25, -0.2) is 0 Å². The number of hydrogen-bond donors (Lipinski definition) is 1. The van der Waals surface area contributed by atoms with Gasteiger partial charge in [0.25, 0.3) is 5.91 Å². The lowest BCUT2D eigenvalue weighted by Crippen LogP contribution is -2.60. The summed E-state index contributed by atoms with van der Waals surface area (Å²) >= 11 is 3.63. The van der Waals surface area contributed by atoms with E-state index < -0.39 is 23.7 Å². The van der Waals surface area contributed by atoms with Crippen LogP contribution in [0, 0.1) is 6.92 Å². The number of benzene rings is 5. The maximum Gasteiger partial charge on any atom is 0.327 e. The van der Waals surface area contributed by atoms with Crippen LogP contribution in [0.1, 0.15) is 46.3 Å². The molecule has 0 fully saturated rings. The van der Waals surface area contributed by atoms with Crippen LogP contribution in [0.3, 0.4) is 0 Å². The van der Waals surface area contributed by atoms with Gasteiger partial charge < -0.3 is 14.4 Å². The van der Waals surface area contributed by atoms with E-state index in [2.05, 4.69) is 21.2 Å². The van der Waals surface area contributed by atoms with Gasteiger partial charge in [0.2, 0.25) is 0 Å². The lowest BCUT2D eigenvalue weighted by Gasteiger charge is -2.38. The van der Waals surface area contributed by atoms with Crippen molar-refractivity contribution in [3.63, 3.8) is 0 Å². The van der Waals surface area contributed by atoms with E-state index >= 15 is 4.79 Å². The van der Waals surface area contributed by atoms with Crippen LogP contribution in [-0.4, -0.2) is 24.5 Å². The third-order valence-corrected chi connectivity index (χ3v) is 9.13. The maximum absolute atomic E-state index is 15.2. The van der Waals surface area contributed by atoms with Crippen molar-refractivity contribution in [3.8, 4) is 0 Å². The SMILES string of the molecule is CCOC(=O)C(NC(c1ccccc1)c1ccccc1)C1(OCc2ccccc2C)C(=O)N(Cc2ccccc2)c2cc(Br)ccc21. The molecule has 0 aromatic heterocycles. The van der Waals surface area contributed by atoms with E-state index in [1.165, 1.54) is 0 Å². The van der Waals surface area contributed by atoms with Gasteiger partial charge in [-0.1, -0.05) is 137 Å². The summed E-state index contributed by atoms with van der Waals surface area (Å²) < 4.78 is 13.5. The third-order valence-electron chi connectivity index (χ3n) is 8.64. The molecule has 1 amide bonds. The number of rotatable bonds is 12. The largest absolute Gasteiger partial charge is 0.465 e. The van der Waals surface area contributed by atoms with E-state index in [-0.39, 0.29) is 19.1 Å². The summed E-state index contributed by atoms with van der Waals surface area (Å²) in [6.45, 7) is 4.32. The van der Waals surface area contributed by atoms with Crippen molar-refractivity contribution in [3.05, 3.63) is 171 Å². The Hall–Kier alpha value is -4.56. The normalized spacial score (nSPS) is 16.3. The van der Waals surface area contributed by atoms with Crippen LogP contribution < -0.4 is 10.2 Å². The Bertz CT molecular complexity index is 1790. The summed E-state index contributed by atoms with van der Waals surface area (Å²) in [6.07, 6.45) is 0. The average Bonchev–Trinajstić information content (AvgIpc) is 3.32. The molecule has 5 aromatic rings. The first-order chi connectivity index (χ1) is 22.9. The van der Waals surface area contributed by atoms with Gasteiger partial charge in [-0.3, -0.25) is 14.9 Å². The van der Waals surface area contributed by atoms with Crippen LogP contribution in [0.15, 0.2) is 138 Å². The van der Waals surface area contributed by atoms with Gasteiger partial charge in [-0.15, -0.1) is 0 Å². The second-order valence-electron chi connectivity index (χ2n) is 11.6. The van der Waals surface area contributed by atoms with Crippen molar-refractivity contribution in [2.75, 3.05) is 11.5 Å². The molecule has 2 unspecified atom stereocenters. The van der Waals surface area contributed by atoms with Crippen molar-refractivity contribution in [1.29, 1.82) is 0 Å². The molecule has 0 radical (unpaired) electrons. The van der Waals surface area contributed by atoms with Gasteiger partial charge in [-0.05, 0) is 53.8 Å². The summed E-state index contributed by atoms with van der Waals surface area (Å²) in [5.74, 6) is -0.911. The summed E-state index contributed by atoms with van der Waals surface area (Å²) in [6, 6.07) is 41.6. The Morgan fingerprint density at radius 2 is 1.43 bits per heavy atom. The van der Waals surface area contributed by atoms with E-state index in [0.29, 0.717) is 17.8 Å². The van der Waals surface area contributed by atoms with Crippen molar-refractivity contribution in [2.45, 2.75) is 44.7 Å². The van der Waals surface area contributed by atoms with Crippen molar-refractivity contribution in [1.82, 2.24) is 5.32 Å². The minimum atomic E-state index is -1.76. The molecule has 1 N–H and O–H groups in total. The highest BCUT2D eigenvalue weighted by Gasteiger charge is 2.60. The second-order valence-corrected chi connectivity index (χ2v) is 12.5. The molecule has 5 aromatic carbocycles.